The van der Waals surface area contributed by atoms with Crippen molar-refractivity contribution in [2.75, 3.05) is 7.11 Å². The van der Waals surface area contributed by atoms with Gasteiger partial charge in [0.1, 0.15) is 0 Å². The van der Waals surface area contributed by atoms with Gasteiger partial charge in [-0.25, -0.2) is 4.79 Å². The zero-order valence-electron chi connectivity index (χ0n) is 9.82. The molecule has 1 aliphatic carbocycles. The zero-order valence-corrected chi connectivity index (χ0v) is 9.82. The van der Waals surface area contributed by atoms with E-state index in [1.54, 1.807) is 0 Å². The van der Waals surface area contributed by atoms with Gasteiger partial charge in [0, 0.05) is 12.1 Å². The van der Waals surface area contributed by atoms with Crippen molar-refractivity contribution < 1.29 is 32.6 Å². The van der Waals surface area contributed by atoms with Crippen molar-refractivity contribution in [3.05, 3.63) is 0 Å². The van der Waals surface area contributed by atoms with Gasteiger partial charge in [-0.1, -0.05) is 0 Å². The molecule has 0 aromatic heterocycles. The van der Waals surface area contributed by atoms with Crippen molar-refractivity contribution in [1.82, 2.24) is 5.32 Å². The van der Waals surface area contributed by atoms with Crippen molar-refractivity contribution in [3.8, 4) is 0 Å². The second kappa shape index (κ2) is 5.13. The van der Waals surface area contributed by atoms with E-state index in [0.717, 1.165) is 6.42 Å². The summed E-state index contributed by atoms with van der Waals surface area (Å²) < 4.78 is 36.4. The summed E-state index contributed by atoms with van der Waals surface area (Å²) in [6.45, 7) is 2.13. The first-order valence-electron chi connectivity index (χ1n) is 5.32. The number of rotatable bonds is 1. The minimum Gasteiger partial charge on any atom is -0.475 e. The van der Waals surface area contributed by atoms with Crippen LogP contribution in [0.1, 0.15) is 13.3 Å². The summed E-state index contributed by atoms with van der Waals surface area (Å²) in [6, 6.07) is 0.909. The van der Waals surface area contributed by atoms with E-state index >= 15 is 0 Å². The fourth-order valence-corrected chi connectivity index (χ4v) is 2.31. The van der Waals surface area contributed by atoms with Gasteiger partial charge >= 0.3 is 18.1 Å². The summed E-state index contributed by atoms with van der Waals surface area (Å²) >= 11 is 0. The maximum atomic E-state index is 11.1. The van der Waals surface area contributed by atoms with Crippen LogP contribution in [0.3, 0.4) is 0 Å². The van der Waals surface area contributed by atoms with Gasteiger partial charge < -0.3 is 15.2 Å². The molecule has 2 N–H and O–H groups in total. The Morgan fingerprint density at radius 3 is 2.11 bits per heavy atom. The highest BCUT2D eigenvalue weighted by atomic mass is 19.4. The molecule has 18 heavy (non-hydrogen) atoms. The largest absolute Gasteiger partial charge is 0.490 e. The van der Waals surface area contributed by atoms with Crippen molar-refractivity contribution in [3.63, 3.8) is 0 Å². The second-order valence-electron chi connectivity index (χ2n) is 4.31. The molecule has 2 aliphatic heterocycles. The lowest BCUT2D eigenvalue weighted by Gasteiger charge is -2.32. The standard InChI is InChI=1S/C8H13NO2.C2HF3O2/c1-4-5-3-6(9-4)7(5)8(10)11-2;3-2(4,5)1(6)7/h4-7,9H,3H2,1-2H3;(H,6,7)/t4-,5-,6-,7+;/m1./s1. The van der Waals surface area contributed by atoms with Crippen LogP contribution in [0, 0.1) is 11.8 Å². The van der Waals surface area contributed by atoms with E-state index in [2.05, 4.69) is 12.2 Å². The molecule has 5 nitrogen and oxygen atoms in total. The van der Waals surface area contributed by atoms with Crippen LogP contribution in [-0.4, -0.2) is 42.4 Å². The number of esters is 1. The number of halogens is 3. The lowest BCUT2D eigenvalue weighted by Crippen LogP contribution is -2.42. The fraction of sp³-hybridized carbons (Fsp3) is 0.800. The predicted octanol–water partition coefficient (Wildman–Crippen LogP) is 0.789. The molecule has 2 bridgehead atoms. The Morgan fingerprint density at radius 2 is 1.89 bits per heavy atom. The lowest BCUT2D eigenvalue weighted by molar-refractivity contribution is -0.192. The second-order valence-corrected chi connectivity index (χ2v) is 4.31. The van der Waals surface area contributed by atoms with Crippen molar-refractivity contribution in [2.24, 2.45) is 11.8 Å². The number of alkyl halides is 3. The number of hydrogen-bond acceptors (Lipinski definition) is 4. The predicted molar refractivity (Wildman–Crippen MR) is 53.7 cm³/mol. The smallest absolute Gasteiger partial charge is 0.475 e. The molecule has 8 heteroatoms. The maximum absolute atomic E-state index is 11.1. The van der Waals surface area contributed by atoms with Crippen LogP contribution in [0.2, 0.25) is 0 Å². The first-order chi connectivity index (χ1) is 8.18. The van der Waals surface area contributed by atoms with E-state index in [4.69, 9.17) is 14.6 Å². The van der Waals surface area contributed by atoms with Crippen LogP contribution >= 0.6 is 0 Å². The molecule has 3 fully saturated rings. The number of carbonyl (C=O) groups is 2. The molecule has 0 unspecified atom stereocenters. The number of nitrogens with one attached hydrogen (secondary N) is 1. The van der Waals surface area contributed by atoms with E-state index in [9.17, 15) is 18.0 Å². The summed E-state index contributed by atoms with van der Waals surface area (Å²) in [5.41, 5.74) is 0. The minimum atomic E-state index is -5.08. The van der Waals surface area contributed by atoms with E-state index in [0.29, 0.717) is 18.0 Å². The molecular weight excluding hydrogens is 255 g/mol. The topological polar surface area (TPSA) is 75.6 Å². The number of carboxylic acid groups (broad SMARTS) is 1. The fourth-order valence-electron chi connectivity index (χ4n) is 2.31. The van der Waals surface area contributed by atoms with E-state index in [-0.39, 0.29) is 11.9 Å². The third-order valence-electron chi connectivity index (χ3n) is 3.26. The highest BCUT2D eigenvalue weighted by Crippen LogP contribution is 2.44. The van der Waals surface area contributed by atoms with Crippen LogP contribution in [0.15, 0.2) is 0 Å². The highest BCUT2D eigenvalue weighted by molar-refractivity contribution is 5.75. The van der Waals surface area contributed by atoms with Gasteiger partial charge in [0.25, 0.3) is 0 Å². The molecule has 3 aliphatic rings. The number of aliphatic carboxylic acids is 1. The Morgan fingerprint density at radius 1 is 1.39 bits per heavy atom. The SMILES string of the molecule is COC(=O)[C@H]1[C@@H]2C[C@H]1N[C@@H]2C.O=C(O)C(F)(F)F. The van der Waals surface area contributed by atoms with Crippen molar-refractivity contribution in [1.29, 1.82) is 0 Å². The van der Waals surface area contributed by atoms with Gasteiger partial charge in [-0.2, -0.15) is 13.2 Å². The van der Waals surface area contributed by atoms with Gasteiger partial charge in [-0.3, -0.25) is 4.79 Å². The minimum absolute atomic E-state index is 0.0388. The van der Waals surface area contributed by atoms with Crippen LogP contribution in [-0.2, 0) is 14.3 Å². The average Bonchev–Trinajstić information content (AvgIpc) is 2.72. The summed E-state index contributed by atoms with van der Waals surface area (Å²) in [7, 11) is 1.46. The number of methoxy groups -OCH3 is 1. The van der Waals surface area contributed by atoms with Crippen LogP contribution in [0.5, 0.6) is 0 Å². The van der Waals surface area contributed by atoms with Crippen LogP contribution in [0.25, 0.3) is 0 Å². The van der Waals surface area contributed by atoms with Gasteiger partial charge in [0.2, 0.25) is 0 Å². The number of fused-ring (bicyclic) bond motifs is 1. The van der Waals surface area contributed by atoms with Crippen LogP contribution in [0.4, 0.5) is 13.2 Å². The summed E-state index contributed by atoms with van der Waals surface area (Å²) in [4.78, 5) is 20.0. The molecule has 2 saturated heterocycles. The first kappa shape index (κ1) is 14.7. The molecule has 0 aromatic carbocycles. The summed E-state index contributed by atoms with van der Waals surface area (Å²) in [5.74, 6) is -2.11. The van der Waals surface area contributed by atoms with Gasteiger partial charge in [0.05, 0.1) is 13.0 Å². The molecular formula is C10H14F3NO4. The molecule has 0 amide bonds. The average molecular weight is 269 g/mol. The van der Waals surface area contributed by atoms with Gasteiger partial charge in [-0.15, -0.1) is 0 Å². The Kier molecular flexibility index (Phi) is 4.20. The molecule has 104 valence electrons. The highest BCUT2D eigenvalue weighted by Gasteiger charge is 2.55. The molecule has 3 rings (SSSR count). The van der Waals surface area contributed by atoms with E-state index < -0.39 is 12.1 Å². The number of ether oxygens (including phenoxy) is 1. The number of carbonyl (C=O) groups excluding carboxylic acids is 1. The summed E-state index contributed by atoms with van der Waals surface area (Å²) in [6.07, 6.45) is -3.93. The molecule has 1 saturated carbocycles. The Balaban J connectivity index is 0.000000203. The van der Waals surface area contributed by atoms with Gasteiger partial charge in [0.15, 0.2) is 0 Å². The third kappa shape index (κ3) is 2.92. The van der Waals surface area contributed by atoms with E-state index in [1.165, 1.54) is 7.11 Å². The number of carboxylic acids is 1. The van der Waals surface area contributed by atoms with Crippen molar-refractivity contribution in [2.45, 2.75) is 31.6 Å². The molecule has 0 aromatic rings. The van der Waals surface area contributed by atoms with Crippen LogP contribution < -0.4 is 5.32 Å². The molecule has 0 radical (unpaired) electrons. The maximum Gasteiger partial charge on any atom is 0.490 e. The summed E-state index contributed by atoms with van der Waals surface area (Å²) in [5, 5.41) is 10.5. The molecule has 0 spiro atoms. The van der Waals surface area contributed by atoms with Crippen molar-refractivity contribution >= 4 is 11.9 Å². The number of hydrogen-bond donors (Lipinski definition) is 2. The molecule has 4 atom stereocenters. The Hall–Kier alpha value is -1.31. The quantitative estimate of drug-likeness (QED) is 0.688. The normalized spacial score (nSPS) is 32.9. The first-order valence-corrected chi connectivity index (χ1v) is 5.32. The monoisotopic (exact) mass is 269 g/mol. The zero-order chi connectivity index (χ0) is 14.1. The van der Waals surface area contributed by atoms with Gasteiger partial charge in [-0.05, 0) is 19.3 Å². The lowest BCUT2D eigenvalue weighted by atomic mass is 9.72. The Bertz CT molecular complexity index is 345. The molecule has 2 heterocycles. The third-order valence-corrected chi connectivity index (χ3v) is 3.26. The Labute approximate surface area is 101 Å². The van der Waals surface area contributed by atoms with E-state index in [1.807, 2.05) is 0 Å².